The standard InChI is InChI=1S/C20H24F2N4O6/c1-19(2,25-8-6-20(21,22)12-25)9-13(10-23)17(29)24-7-5-14(11-24)31-18(30)32-26-15(27)3-4-16(26)28/h9,14H,3-8,11-12H2,1-2H3/t14-/m0/s1. The molecule has 0 radical (unpaired) electrons. The molecule has 3 fully saturated rings. The first-order chi connectivity index (χ1) is 14.9. The number of halogens is 2. The number of hydroxylamine groups is 2. The van der Waals surface area contributed by atoms with E-state index in [0.29, 0.717) is 5.06 Å². The third-order valence-electron chi connectivity index (χ3n) is 5.70. The van der Waals surface area contributed by atoms with Crippen LogP contribution < -0.4 is 0 Å². The molecule has 3 heterocycles. The zero-order chi connectivity index (χ0) is 23.7. The number of nitriles is 1. The van der Waals surface area contributed by atoms with Crippen LogP contribution in [0.15, 0.2) is 11.6 Å². The fraction of sp³-hybridized carbons (Fsp3) is 0.650. The second kappa shape index (κ2) is 8.82. The molecule has 0 N–H and O–H groups in total. The van der Waals surface area contributed by atoms with E-state index < -0.39 is 48.0 Å². The summed E-state index contributed by atoms with van der Waals surface area (Å²) >= 11 is 0. The molecular formula is C20H24F2N4O6. The third kappa shape index (κ3) is 5.21. The molecule has 0 aromatic carbocycles. The Morgan fingerprint density at radius 2 is 1.88 bits per heavy atom. The number of amides is 3. The molecule has 32 heavy (non-hydrogen) atoms. The summed E-state index contributed by atoms with van der Waals surface area (Å²) in [6.07, 6.45) is -0.716. The third-order valence-corrected chi connectivity index (χ3v) is 5.70. The smallest absolute Gasteiger partial charge is 0.427 e. The molecule has 0 unspecified atom stereocenters. The number of carbonyl (C=O) groups excluding carboxylic acids is 4. The average molecular weight is 454 g/mol. The van der Waals surface area contributed by atoms with E-state index in [4.69, 9.17) is 4.74 Å². The van der Waals surface area contributed by atoms with E-state index in [1.807, 2.05) is 6.07 Å². The number of carbonyl (C=O) groups is 4. The number of imide groups is 1. The van der Waals surface area contributed by atoms with E-state index in [2.05, 4.69) is 4.84 Å². The van der Waals surface area contributed by atoms with Crippen molar-refractivity contribution in [3.05, 3.63) is 11.6 Å². The molecule has 0 aromatic rings. The highest BCUT2D eigenvalue weighted by atomic mass is 19.3. The van der Waals surface area contributed by atoms with Crippen LogP contribution in [0.2, 0.25) is 0 Å². The molecule has 3 rings (SSSR count). The number of alkyl halides is 2. The zero-order valence-electron chi connectivity index (χ0n) is 17.8. The van der Waals surface area contributed by atoms with Gasteiger partial charge in [0.1, 0.15) is 17.7 Å². The van der Waals surface area contributed by atoms with E-state index in [-0.39, 0.29) is 50.9 Å². The maximum atomic E-state index is 13.6. The summed E-state index contributed by atoms with van der Waals surface area (Å²) in [4.78, 5) is 55.1. The molecule has 10 nitrogen and oxygen atoms in total. The normalized spacial score (nSPS) is 24.1. The van der Waals surface area contributed by atoms with Crippen molar-refractivity contribution in [2.45, 2.75) is 57.1 Å². The molecule has 0 bridgehead atoms. The van der Waals surface area contributed by atoms with Gasteiger partial charge in [-0.25, -0.2) is 13.6 Å². The minimum Gasteiger partial charge on any atom is -0.427 e. The van der Waals surface area contributed by atoms with Crippen molar-refractivity contribution in [3.8, 4) is 6.07 Å². The zero-order valence-corrected chi connectivity index (χ0v) is 17.8. The van der Waals surface area contributed by atoms with Crippen LogP contribution in [-0.2, 0) is 24.0 Å². The first kappa shape index (κ1) is 23.6. The van der Waals surface area contributed by atoms with Crippen molar-refractivity contribution in [2.24, 2.45) is 0 Å². The summed E-state index contributed by atoms with van der Waals surface area (Å²) < 4.78 is 32.2. The second-order valence-corrected chi connectivity index (χ2v) is 8.55. The van der Waals surface area contributed by atoms with Gasteiger partial charge < -0.3 is 9.64 Å². The topological polar surface area (TPSA) is 120 Å². The van der Waals surface area contributed by atoms with E-state index in [1.165, 1.54) is 15.9 Å². The maximum absolute atomic E-state index is 13.6. The van der Waals surface area contributed by atoms with E-state index >= 15 is 0 Å². The SMILES string of the molecule is CC(C)(C=C(C#N)C(=O)N1CC[C@H](OC(=O)ON2C(=O)CCC2=O)C1)N1CCC(F)(F)C1. The molecule has 0 saturated carbocycles. The fourth-order valence-electron chi connectivity index (χ4n) is 3.88. The van der Waals surface area contributed by atoms with Crippen molar-refractivity contribution in [2.75, 3.05) is 26.2 Å². The van der Waals surface area contributed by atoms with Crippen LogP contribution in [0.1, 0.15) is 39.5 Å². The van der Waals surface area contributed by atoms with Crippen molar-refractivity contribution < 1.29 is 37.5 Å². The summed E-state index contributed by atoms with van der Waals surface area (Å²) in [7, 11) is 0. The van der Waals surface area contributed by atoms with Crippen LogP contribution in [0.3, 0.4) is 0 Å². The van der Waals surface area contributed by atoms with Crippen LogP contribution in [0.5, 0.6) is 0 Å². The van der Waals surface area contributed by atoms with E-state index in [0.717, 1.165) is 0 Å². The number of hydrogen-bond acceptors (Lipinski definition) is 8. The number of nitrogens with zero attached hydrogens (tertiary/aromatic N) is 4. The van der Waals surface area contributed by atoms with Crippen molar-refractivity contribution in [3.63, 3.8) is 0 Å². The lowest BCUT2D eigenvalue weighted by atomic mass is 9.99. The van der Waals surface area contributed by atoms with Gasteiger partial charge >= 0.3 is 6.16 Å². The molecule has 3 saturated heterocycles. The lowest BCUT2D eigenvalue weighted by Gasteiger charge is -2.33. The Bertz CT molecular complexity index is 881. The molecule has 12 heteroatoms. The Labute approximate surface area is 183 Å². The minimum atomic E-state index is -2.81. The summed E-state index contributed by atoms with van der Waals surface area (Å²) in [6.45, 7) is 3.19. The van der Waals surface area contributed by atoms with Crippen LogP contribution in [0.4, 0.5) is 13.6 Å². The van der Waals surface area contributed by atoms with Gasteiger partial charge in [-0.1, -0.05) is 5.06 Å². The lowest BCUT2D eigenvalue weighted by molar-refractivity contribution is -0.178. The summed E-state index contributed by atoms with van der Waals surface area (Å²) in [5.74, 6) is -4.69. The summed E-state index contributed by atoms with van der Waals surface area (Å²) in [5, 5.41) is 9.84. The van der Waals surface area contributed by atoms with Gasteiger partial charge in [-0.3, -0.25) is 24.1 Å². The Balaban J connectivity index is 1.57. The van der Waals surface area contributed by atoms with Gasteiger partial charge in [0.15, 0.2) is 0 Å². The number of hydrogen-bond donors (Lipinski definition) is 0. The van der Waals surface area contributed by atoms with Gasteiger partial charge in [0.05, 0.1) is 13.1 Å². The molecule has 3 amide bonds. The van der Waals surface area contributed by atoms with E-state index in [1.54, 1.807) is 13.8 Å². The minimum absolute atomic E-state index is 0.0168. The Kier molecular flexibility index (Phi) is 6.50. The Morgan fingerprint density at radius 1 is 1.22 bits per heavy atom. The van der Waals surface area contributed by atoms with Gasteiger partial charge in [0, 0.05) is 44.3 Å². The highest BCUT2D eigenvalue weighted by molar-refractivity contribution is 6.01. The van der Waals surface area contributed by atoms with Gasteiger partial charge in [-0.15, -0.1) is 0 Å². The molecule has 1 atom stereocenters. The molecule has 3 aliphatic rings. The van der Waals surface area contributed by atoms with Gasteiger partial charge in [0.25, 0.3) is 23.6 Å². The van der Waals surface area contributed by atoms with Crippen LogP contribution in [0, 0.1) is 11.3 Å². The van der Waals surface area contributed by atoms with Crippen LogP contribution in [0.25, 0.3) is 0 Å². The maximum Gasteiger partial charge on any atom is 0.534 e. The number of likely N-dealkylation sites (tertiary alicyclic amines) is 2. The van der Waals surface area contributed by atoms with Crippen molar-refractivity contribution in [1.82, 2.24) is 14.9 Å². The van der Waals surface area contributed by atoms with Crippen LogP contribution in [-0.4, -0.2) is 82.5 Å². The Morgan fingerprint density at radius 3 is 2.44 bits per heavy atom. The summed E-state index contributed by atoms with van der Waals surface area (Å²) in [5.41, 5.74) is -1.13. The highest BCUT2D eigenvalue weighted by Gasteiger charge is 2.43. The quantitative estimate of drug-likeness (QED) is 0.264. The molecule has 0 aliphatic carbocycles. The van der Waals surface area contributed by atoms with Crippen LogP contribution >= 0.6 is 0 Å². The predicted octanol–water partition coefficient (Wildman–Crippen LogP) is 1.37. The van der Waals surface area contributed by atoms with Crippen molar-refractivity contribution in [1.29, 1.82) is 5.26 Å². The van der Waals surface area contributed by atoms with Gasteiger partial charge in [0.2, 0.25) is 0 Å². The molecule has 174 valence electrons. The first-order valence-electron chi connectivity index (χ1n) is 10.2. The predicted molar refractivity (Wildman–Crippen MR) is 103 cm³/mol. The van der Waals surface area contributed by atoms with Gasteiger partial charge in [-0.2, -0.15) is 5.26 Å². The number of rotatable bonds is 5. The first-order valence-corrected chi connectivity index (χ1v) is 10.2. The van der Waals surface area contributed by atoms with Gasteiger partial charge in [-0.05, 0) is 19.9 Å². The Hall–Kier alpha value is -3.07. The number of ether oxygens (including phenoxy) is 1. The van der Waals surface area contributed by atoms with E-state index in [9.17, 15) is 33.2 Å². The lowest BCUT2D eigenvalue weighted by Crippen LogP contribution is -2.43. The molecule has 3 aliphatic heterocycles. The van der Waals surface area contributed by atoms with Crippen molar-refractivity contribution >= 4 is 23.9 Å². The second-order valence-electron chi connectivity index (χ2n) is 8.55. The largest absolute Gasteiger partial charge is 0.534 e. The highest BCUT2D eigenvalue weighted by Crippen LogP contribution is 2.33. The monoisotopic (exact) mass is 454 g/mol. The molecular weight excluding hydrogens is 430 g/mol. The molecule has 0 aromatic heterocycles. The molecule has 0 spiro atoms. The average Bonchev–Trinajstić information content (AvgIpc) is 3.41. The fourth-order valence-corrected chi connectivity index (χ4v) is 3.88. The summed E-state index contributed by atoms with van der Waals surface area (Å²) in [6, 6.07) is 1.83.